The van der Waals surface area contributed by atoms with Crippen molar-refractivity contribution in [2.75, 3.05) is 14.1 Å². The Hall–Kier alpha value is -3.62. The summed E-state index contributed by atoms with van der Waals surface area (Å²) >= 11 is 0. The number of nitriles is 1. The third-order valence-electron chi connectivity index (χ3n) is 7.35. The lowest BCUT2D eigenvalue weighted by Crippen LogP contribution is -2.32. The molecule has 0 aliphatic heterocycles. The first-order valence-corrected chi connectivity index (χ1v) is 14.1. The van der Waals surface area contributed by atoms with E-state index in [0.717, 1.165) is 30.5 Å². The quantitative estimate of drug-likeness (QED) is 0.468. The molecule has 11 heteroatoms. The lowest BCUT2D eigenvalue weighted by atomic mass is 9.90. The highest BCUT2D eigenvalue weighted by Gasteiger charge is 2.33. The number of hydrogen-bond acceptors (Lipinski definition) is 7. The van der Waals surface area contributed by atoms with Crippen LogP contribution in [-0.4, -0.2) is 48.1 Å². The van der Waals surface area contributed by atoms with E-state index in [1.807, 2.05) is 32.0 Å². The van der Waals surface area contributed by atoms with E-state index in [1.165, 1.54) is 24.4 Å². The summed E-state index contributed by atoms with van der Waals surface area (Å²) in [5.41, 5.74) is 3.77. The fraction of sp³-hybridized carbons (Fsp3) is 0.407. The number of amides is 1. The van der Waals surface area contributed by atoms with Crippen LogP contribution in [-0.2, 0) is 34.1 Å². The van der Waals surface area contributed by atoms with Crippen LogP contribution in [0.4, 0.5) is 4.39 Å². The van der Waals surface area contributed by atoms with E-state index in [-0.39, 0.29) is 35.0 Å². The zero-order valence-corrected chi connectivity index (χ0v) is 22.3. The van der Waals surface area contributed by atoms with Gasteiger partial charge in [-0.3, -0.25) is 9.48 Å². The van der Waals surface area contributed by atoms with Crippen molar-refractivity contribution in [3.63, 3.8) is 0 Å². The Kier molecular flexibility index (Phi) is 6.79. The van der Waals surface area contributed by atoms with Gasteiger partial charge in [-0.1, -0.05) is 0 Å². The number of halogens is 1. The molecule has 2 aliphatic rings. The second-order valence-corrected chi connectivity index (χ2v) is 11.8. The van der Waals surface area contributed by atoms with Crippen LogP contribution in [0, 0.1) is 17.1 Å². The first-order valence-electron chi connectivity index (χ1n) is 12.6. The highest BCUT2D eigenvalue weighted by atomic mass is 32.2. The van der Waals surface area contributed by atoms with Gasteiger partial charge in [0.2, 0.25) is 5.91 Å². The fourth-order valence-electron chi connectivity index (χ4n) is 5.03. The second kappa shape index (κ2) is 9.93. The molecule has 1 N–H and O–H groups in total. The Morgan fingerprint density at radius 3 is 2.68 bits per heavy atom. The van der Waals surface area contributed by atoms with Crippen LogP contribution in [0.2, 0.25) is 0 Å². The van der Waals surface area contributed by atoms with Gasteiger partial charge in [-0.05, 0) is 99.1 Å². The van der Waals surface area contributed by atoms with E-state index in [4.69, 9.17) is 0 Å². The van der Waals surface area contributed by atoms with Crippen molar-refractivity contribution in [1.82, 2.24) is 24.4 Å². The van der Waals surface area contributed by atoms with Crippen molar-refractivity contribution in [2.24, 2.45) is 0 Å². The highest BCUT2D eigenvalue weighted by Crippen LogP contribution is 2.38. The first-order chi connectivity index (χ1) is 18.1. The molecule has 9 nitrogen and oxygen atoms in total. The molecular weight excluding hydrogens is 507 g/mol. The van der Waals surface area contributed by atoms with Crippen molar-refractivity contribution >= 4 is 15.9 Å². The summed E-state index contributed by atoms with van der Waals surface area (Å²) in [7, 11) is -0.416. The molecule has 198 valence electrons. The number of rotatable bonds is 8. The van der Waals surface area contributed by atoms with E-state index in [0.29, 0.717) is 35.1 Å². The molecule has 5 rings (SSSR count). The van der Waals surface area contributed by atoms with Crippen molar-refractivity contribution in [1.29, 1.82) is 5.26 Å². The van der Waals surface area contributed by atoms with E-state index in [9.17, 15) is 22.9 Å². The molecule has 3 aromatic rings. The Morgan fingerprint density at radius 2 is 2.00 bits per heavy atom. The molecule has 0 radical (unpaired) electrons. The number of sulfonamides is 1. The van der Waals surface area contributed by atoms with Crippen LogP contribution < -0.4 is 4.72 Å². The molecule has 1 aromatic carbocycles. The smallest absolute Gasteiger partial charge is 0.283 e. The Bertz CT molecular complexity index is 1570. The standard InChI is InChI=1S/C27H29FN6O3S/c1-16(33(2)3)25-14-27(31-34(25)19-7-8-19)38(36,37)32-26(35)13-23-20-5-4-6-21(20)24(28)12-22(23)17-9-10-30-18(11-17)15-29/h9-12,14,16,19H,4-8,13H2,1-3H3,(H,32,35). The predicted octanol–water partition coefficient (Wildman–Crippen LogP) is 3.45. The molecule has 0 saturated heterocycles. The Morgan fingerprint density at radius 1 is 1.26 bits per heavy atom. The van der Waals surface area contributed by atoms with Crippen molar-refractivity contribution in [3.8, 4) is 17.2 Å². The molecule has 38 heavy (non-hydrogen) atoms. The van der Waals surface area contributed by atoms with Crippen LogP contribution in [0.1, 0.15) is 66.3 Å². The van der Waals surface area contributed by atoms with E-state index >= 15 is 0 Å². The minimum absolute atomic E-state index is 0.0641. The molecule has 1 amide bonds. The maximum atomic E-state index is 15.0. The van der Waals surface area contributed by atoms with Gasteiger partial charge in [0, 0.05) is 18.3 Å². The fourth-order valence-corrected chi connectivity index (χ4v) is 5.97. The lowest BCUT2D eigenvalue weighted by molar-refractivity contribution is -0.118. The van der Waals surface area contributed by atoms with E-state index < -0.39 is 15.9 Å². The van der Waals surface area contributed by atoms with Crippen LogP contribution in [0.25, 0.3) is 11.1 Å². The number of nitrogens with one attached hydrogen (secondary N) is 1. The van der Waals surface area contributed by atoms with Gasteiger partial charge in [0.05, 0.1) is 18.2 Å². The summed E-state index contributed by atoms with van der Waals surface area (Å²) in [5.74, 6) is -1.10. The number of carbonyl (C=O) groups excluding carboxylic acids is 1. The SMILES string of the molecule is CC(c1cc(S(=O)(=O)NC(=O)Cc2c(-c3ccnc(C#N)c3)cc(F)c3c2CCC3)nn1C1CC1)N(C)C. The number of nitrogens with zero attached hydrogens (tertiary/aromatic N) is 5. The molecule has 2 heterocycles. The largest absolute Gasteiger partial charge is 0.301 e. The van der Waals surface area contributed by atoms with Crippen LogP contribution in [0.5, 0.6) is 0 Å². The maximum Gasteiger partial charge on any atom is 0.283 e. The summed E-state index contributed by atoms with van der Waals surface area (Å²) < 4.78 is 45.4. The first kappa shape index (κ1) is 26.0. The lowest BCUT2D eigenvalue weighted by Gasteiger charge is -2.20. The molecule has 2 aliphatic carbocycles. The third-order valence-corrected chi connectivity index (χ3v) is 8.60. The van der Waals surface area contributed by atoms with E-state index in [1.54, 1.807) is 10.7 Å². The third kappa shape index (κ3) is 4.93. The number of pyridine rings is 1. The average molecular weight is 537 g/mol. The van der Waals surface area contributed by atoms with Gasteiger partial charge in [0.25, 0.3) is 10.0 Å². The predicted molar refractivity (Wildman–Crippen MR) is 138 cm³/mol. The van der Waals surface area contributed by atoms with Crippen LogP contribution in [0.15, 0.2) is 35.5 Å². The molecular formula is C27H29FN6O3S. The van der Waals surface area contributed by atoms with Gasteiger partial charge < -0.3 is 4.90 Å². The summed E-state index contributed by atoms with van der Waals surface area (Å²) in [5, 5.41) is 13.4. The number of aromatic nitrogens is 3. The summed E-state index contributed by atoms with van der Waals surface area (Å²) in [6.07, 6.45) is 4.95. The Labute approximate surface area is 221 Å². The number of fused-ring (bicyclic) bond motifs is 1. The molecule has 1 unspecified atom stereocenters. The van der Waals surface area contributed by atoms with Gasteiger partial charge in [0.15, 0.2) is 5.03 Å². The van der Waals surface area contributed by atoms with Crippen LogP contribution in [0.3, 0.4) is 0 Å². The van der Waals surface area contributed by atoms with Crippen molar-refractivity contribution in [2.45, 2.75) is 62.6 Å². The summed E-state index contributed by atoms with van der Waals surface area (Å²) in [6.45, 7) is 1.97. The molecule has 0 bridgehead atoms. The summed E-state index contributed by atoms with van der Waals surface area (Å²) in [4.78, 5) is 19.1. The molecule has 2 aromatic heterocycles. The van der Waals surface area contributed by atoms with Crippen molar-refractivity contribution < 1.29 is 17.6 Å². The zero-order valence-electron chi connectivity index (χ0n) is 21.5. The molecule has 1 saturated carbocycles. The normalized spacial score (nSPS) is 15.8. The Balaban J connectivity index is 1.47. The number of hydrogen-bond donors (Lipinski definition) is 1. The molecule has 0 spiro atoms. The number of carbonyl (C=O) groups is 1. The monoisotopic (exact) mass is 536 g/mol. The van der Waals surface area contributed by atoms with Gasteiger partial charge >= 0.3 is 0 Å². The van der Waals surface area contributed by atoms with E-state index in [2.05, 4.69) is 14.8 Å². The van der Waals surface area contributed by atoms with Gasteiger partial charge in [0.1, 0.15) is 17.6 Å². The average Bonchev–Trinajstić information content (AvgIpc) is 3.41. The van der Waals surface area contributed by atoms with Gasteiger partial charge in [-0.25, -0.2) is 14.1 Å². The molecule has 1 fully saturated rings. The number of benzene rings is 1. The topological polar surface area (TPSA) is 121 Å². The molecule has 1 atom stereocenters. The van der Waals surface area contributed by atoms with Crippen molar-refractivity contribution in [3.05, 3.63) is 64.4 Å². The minimum Gasteiger partial charge on any atom is -0.301 e. The van der Waals surface area contributed by atoms with Gasteiger partial charge in [-0.2, -0.15) is 18.8 Å². The highest BCUT2D eigenvalue weighted by molar-refractivity contribution is 7.90. The van der Waals surface area contributed by atoms with Crippen LogP contribution >= 0.6 is 0 Å². The second-order valence-electron chi connectivity index (χ2n) is 10.2. The maximum absolute atomic E-state index is 15.0. The van der Waals surface area contributed by atoms with Gasteiger partial charge in [-0.15, -0.1) is 0 Å². The summed E-state index contributed by atoms with van der Waals surface area (Å²) in [6, 6.07) is 8.14. The minimum atomic E-state index is -4.23. The zero-order chi connectivity index (χ0) is 27.2.